The summed E-state index contributed by atoms with van der Waals surface area (Å²) in [7, 11) is 0. The van der Waals surface area contributed by atoms with Crippen molar-refractivity contribution in [3.8, 4) is 0 Å². The lowest BCUT2D eigenvalue weighted by Gasteiger charge is -2.17. The number of carbonyl (C=O) groups is 1. The molecule has 0 aliphatic heterocycles. The maximum absolute atomic E-state index is 10.9. The molecule has 0 aliphatic rings. The van der Waals surface area contributed by atoms with Gasteiger partial charge in [-0.15, -0.1) is 0 Å². The quantitative estimate of drug-likeness (QED) is 0.143. The molecule has 1 unspecified atom stereocenters. The summed E-state index contributed by atoms with van der Waals surface area (Å²) >= 11 is 0. The van der Waals surface area contributed by atoms with Gasteiger partial charge in [0.2, 0.25) is 0 Å². The van der Waals surface area contributed by atoms with Gasteiger partial charge in [0, 0.05) is 13.0 Å². The summed E-state index contributed by atoms with van der Waals surface area (Å²) in [6.07, 6.45) is 20.0. The molecule has 0 aromatic heterocycles. The van der Waals surface area contributed by atoms with Crippen molar-refractivity contribution in [2.45, 2.75) is 124 Å². The van der Waals surface area contributed by atoms with E-state index in [2.05, 4.69) is 13.8 Å². The summed E-state index contributed by atoms with van der Waals surface area (Å²) in [4.78, 5) is 10.9. The first kappa shape index (κ1) is 26.6. The van der Waals surface area contributed by atoms with Crippen LogP contribution < -0.4 is 0 Å². The molecule has 0 aromatic carbocycles. The molecule has 0 bridgehead atoms. The molecule has 27 heavy (non-hydrogen) atoms. The predicted octanol–water partition coefficient (Wildman–Crippen LogP) is 7.46. The molecular weight excluding hydrogens is 336 g/mol. The van der Waals surface area contributed by atoms with Crippen LogP contribution in [0.1, 0.15) is 124 Å². The molecule has 3 heteroatoms. The van der Waals surface area contributed by atoms with Crippen molar-refractivity contribution in [2.75, 3.05) is 20.0 Å². The molecule has 0 saturated carbocycles. The molecule has 0 spiro atoms. The SMILES string of the molecule is CCCCCCCCC(CCCCCC)COCOCCCCCC(C)=O. The highest BCUT2D eigenvalue weighted by atomic mass is 16.7. The van der Waals surface area contributed by atoms with E-state index in [1.165, 1.54) is 77.0 Å². The fraction of sp³-hybridized carbons (Fsp3) is 0.958. The highest BCUT2D eigenvalue weighted by Crippen LogP contribution is 2.19. The monoisotopic (exact) mass is 384 g/mol. The van der Waals surface area contributed by atoms with Crippen molar-refractivity contribution >= 4 is 5.78 Å². The molecule has 0 aliphatic carbocycles. The first-order valence-corrected chi connectivity index (χ1v) is 11.9. The van der Waals surface area contributed by atoms with Crippen molar-refractivity contribution in [3.05, 3.63) is 0 Å². The highest BCUT2D eigenvalue weighted by molar-refractivity contribution is 5.75. The Hall–Kier alpha value is -0.410. The third kappa shape index (κ3) is 21.7. The Morgan fingerprint density at radius 1 is 0.704 bits per heavy atom. The molecule has 1 atom stereocenters. The van der Waals surface area contributed by atoms with Crippen LogP contribution in [0.2, 0.25) is 0 Å². The first-order chi connectivity index (χ1) is 13.2. The minimum atomic E-state index is 0.287. The van der Waals surface area contributed by atoms with Crippen LogP contribution in [0.25, 0.3) is 0 Å². The smallest absolute Gasteiger partial charge is 0.146 e. The van der Waals surface area contributed by atoms with Gasteiger partial charge in [-0.3, -0.25) is 0 Å². The lowest BCUT2D eigenvalue weighted by molar-refractivity contribution is -0.117. The van der Waals surface area contributed by atoms with Crippen molar-refractivity contribution in [3.63, 3.8) is 0 Å². The number of carbonyl (C=O) groups excluding carboxylic acids is 1. The molecule has 0 amide bonds. The fourth-order valence-electron chi connectivity index (χ4n) is 3.47. The van der Waals surface area contributed by atoms with Crippen LogP contribution in [0.5, 0.6) is 0 Å². The molecular formula is C24H48O3. The largest absolute Gasteiger partial charge is 0.355 e. The minimum absolute atomic E-state index is 0.287. The summed E-state index contributed by atoms with van der Waals surface area (Å²) in [6.45, 7) is 8.23. The molecule has 0 heterocycles. The zero-order chi connectivity index (χ0) is 20.0. The summed E-state index contributed by atoms with van der Waals surface area (Å²) in [5.74, 6) is 0.988. The predicted molar refractivity (Wildman–Crippen MR) is 116 cm³/mol. The molecule has 0 aromatic rings. The topological polar surface area (TPSA) is 35.5 Å². The van der Waals surface area contributed by atoms with Crippen molar-refractivity contribution in [2.24, 2.45) is 5.92 Å². The normalized spacial score (nSPS) is 12.4. The Balaban J connectivity index is 3.70. The summed E-state index contributed by atoms with van der Waals surface area (Å²) < 4.78 is 11.4. The van der Waals surface area contributed by atoms with Crippen molar-refractivity contribution in [1.82, 2.24) is 0 Å². The molecule has 0 rings (SSSR count). The van der Waals surface area contributed by atoms with E-state index in [1.54, 1.807) is 6.92 Å². The second-order valence-corrected chi connectivity index (χ2v) is 8.18. The number of unbranched alkanes of at least 4 members (excludes halogenated alkanes) is 10. The zero-order valence-corrected chi connectivity index (χ0v) is 18.7. The van der Waals surface area contributed by atoms with E-state index in [1.807, 2.05) is 0 Å². The lowest BCUT2D eigenvalue weighted by atomic mass is 9.95. The lowest BCUT2D eigenvalue weighted by Crippen LogP contribution is -2.12. The highest BCUT2D eigenvalue weighted by Gasteiger charge is 2.09. The average molecular weight is 385 g/mol. The van der Waals surface area contributed by atoms with E-state index in [0.29, 0.717) is 19.1 Å². The summed E-state index contributed by atoms with van der Waals surface area (Å²) in [6, 6.07) is 0. The van der Waals surface area contributed by atoms with E-state index in [0.717, 1.165) is 32.5 Å². The second-order valence-electron chi connectivity index (χ2n) is 8.18. The van der Waals surface area contributed by atoms with Crippen LogP contribution in [0.15, 0.2) is 0 Å². The van der Waals surface area contributed by atoms with Crippen LogP contribution in [0.3, 0.4) is 0 Å². The maximum atomic E-state index is 10.9. The number of hydrogen-bond acceptors (Lipinski definition) is 3. The van der Waals surface area contributed by atoms with Gasteiger partial charge in [0.15, 0.2) is 0 Å². The molecule has 0 fully saturated rings. The Bertz CT molecular complexity index is 304. The van der Waals surface area contributed by atoms with Gasteiger partial charge in [0.05, 0.1) is 6.61 Å². The number of Topliss-reactive ketones (excluding diaryl/α,β-unsaturated/α-hetero) is 1. The van der Waals surface area contributed by atoms with Gasteiger partial charge in [-0.2, -0.15) is 0 Å². The molecule has 162 valence electrons. The Kier molecular flexibility index (Phi) is 21.6. The summed E-state index contributed by atoms with van der Waals surface area (Å²) in [5.41, 5.74) is 0. The van der Waals surface area contributed by atoms with E-state index in [-0.39, 0.29) is 5.78 Å². The van der Waals surface area contributed by atoms with E-state index >= 15 is 0 Å². The van der Waals surface area contributed by atoms with Crippen LogP contribution in [0.4, 0.5) is 0 Å². The standard InChI is InChI=1S/C24H48O3/c1-4-6-8-10-11-15-19-24(18-14-9-7-5-2)21-27-22-26-20-16-12-13-17-23(3)25/h24H,4-22H2,1-3H3. The Morgan fingerprint density at radius 3 is 1.89 bits per heavy atom. The Morgan fingerprint density at radius 2 is 1.26 bits per heavy atom. The van der Waals surface area contributed by atoms with Crippen LogP contribution >= 0.6 is 0 Å². The third-order valence-corrected chi connectivity index (χ3v) is 5.27. The van der Waals surface area contributed by atoms with Gasteiger partial charge in [-0.1, -0.05) is 84.5 Å². The minimum Gasteiger partial charge on any atom is -0.355 e. The second kappa shape index (κ2) is 21.9. The fourth-order valence-corrected chi connectivity index (χ4v) is 3.47. The maximum Gasteiger partial charge on any atom is 0.146 e. The van der Waals surface area contributed by atoms with Gasteiger partial charge in [0.25, 0.3) is 0 Å². The Labute approximate surface area is 170 Å². The van der Waals surface area contributed by atoms with Crippen LogP contribution in [-0.2, 0) is 14.3 Å². The molecule has 3 nitrogen and oxygen atoms in total. The van der Waals surface area contributed by atoms with E-state index in [4.69, 9.17) is 9.47 Å². The van der Waals surface area contributed by atoms with E-state index in [9.17, 15) is 4.79 Å². The summed E-state index contributed by atoms with van der Waals surface area (Å²) in [5, 5.41) is 0. The van der Waals surface area contributed by atoms with Gasteiger partial charge < -0.3 is 14.3 Å². The number of ether oxygens (including phenoxy) is 2. The van der Waals surface area contributed by atoms with Gasteiger partial charge in [-0.25, -0.2) is 0 Å². The average Bonchev–Trinajstić information content (AvgIpc) is 2.65. The molecule has 0 radical (unpaired) electrons. The van der Waals surface area contributed by atoms with E-state index < -0.39 is 0 Å². The number of hydrogen-bond donors (Lipinski definition) is 0. The zero-order valence-electron chi connectivity index (χ0n) is 18.7. The van der Waals surface area contributed by atoms with Crippen molar-refractivity contribution in [1.29, 1.82) is 0 Å². The van der Waals surface area contributed by atoms with Gasteiger partial charge in [0.1, 0.15) is 12.6 Å². The number of ketones is 1. The third-order valence-electron chi connectivity index (χ3n) is 5.27. The van der Waals surface area contributed by atoms with Crippen LogP contribution in [0, 0.1) is 5.92 Å². The van der Waals surface area contributed by atoms with Gasteiger partial charge >= 0.3 is 0 Å². The first-order valence-electron chi connectivity index (χ1n) is 11.9. The molecule has 0 saturated heterocycles. The molecule has 0 N–H and O–H groups in total. The van der Waals surface area contributed by atoms with Gasteiger partial charge in [-0.05, 0) is 38.5 Å². The van der Waals surface area contributed by atoms with Crippen molar-refractivity contribution < 1.29 is 14.3 Å². The number of rotatable bonds is 22. The van der Waals surface area contributed by atoms with Crippen LogP contribution in [-0.4, -0.2) is 25.8 Å².